The van der Waals surface area contributed by atoms with E-state index >= 15 is 0 Å². The van der Waals surface area contributed by atoms with Crippen LogP contribution in [0.3, 0.4) is 0 Å². The summed E-state index contributed by atoms with van der Waals surface area (Å²) >= 11 is 0. The van der Waals surface area contributed by atoms with Crippen molar-refractivity contribution in [3.63, 3.8) is 0 Å². The number of anilines is 4. The fourth-order valence-electron chi connectivity index (χ4n) is 8.80. The molecule has 6 aliphatic rings. The number of hydrogen-bond donors (Lipinski definition) is 2. The second-order valence-corrected chi connectivity index (χ2v) is 15.6. The van der Waals surface area contributed by atoms with Gasteiger partial charge in [0.15, 0.2) is 0 Å². The molecule has 2 N–H and O–H groups in total. The van der Waals surface area contributed by atoms with Crippen LogP contribution in [-0.2, 0) is 10.0 Å². The fraction of sp³-hybridized carbons (Fsp3) is 0.606. The predicted molar refractivity (Wildman–Crippen MR) is 171 cm³/mol. The standard InChI is InChI=1S/C33H45N5O4S/c1-2-3-18-43(41,42)36-14-12-35(13-15-36)27-8-10-28(11-9-27)37-16-17-38(30-7-5-4-6-29(30)37)32(39)34-31-25-19-24-20-26(31)23-33(40,21-24)22-25/h4-11,24-26,31,40H,2-3,12-23H2,1H3,(H,34,39)/t24?,25-,26+,31?,33?. The van der Waals surface area contributed by atoms with Gasteiger partial charge in [0.1, 0.15) is 0 Å². The Morgan fingerprint density at radius 1 is 0.884 bits per heavy atom. The lowest BCUT2D eigenvalue weighted by Crippen LogP contribution is -2.63. The van der Waals surface area contributed by atoms with Gasteiger partial charge in [-0.1, -0.05) is 25.5 Å². The molecule has 3 unspecified atom stereocenters. The van der Waals surface area contributed by atoms with Gasteiger partial charge in [0.05, 0.1) is 22.7 Å². The second kappa shape index (κ2) is 11.3. The maximum atomic E-state index is 13.7. The minimum Gasteiger partial charge on any atom is -0.390 e. The minimum absolute atomic E-state index is 0.0252. The van der Waals surface area contributed by atoms with E-state index in [1.807, 2.05) is 30.0 Å². The van der Waals surface area contributed by atoms with Crippen LogP contribution in [0.5, 0.6) is 0 Å². The summed E-state index contributed by atoms with van der Waals surface area (Å²) in [5.41, 5.74) is 3.60. The Morgan fingerprint density at radius 3 is 2.19 bits per heavy atom. The zero-order valence-corrected chi connectivity index (χ0v) is 26.0. The van der Waals surface area contributed by atoms with Crippen LogP contribution >= 0.6 is 0 Å². The molecular formula is C33H45N5O4S. The minimum atomic E-state index is -3.17. The van der Waals surface area contributed by atoms with Gasteiger partial charge < -0.3 is 20.2 Å². The number of rotatable bonds is 7. The molecule has 0 aromatic heterocycles. The molecule has 2 aromatic carbocycles. The van der Waals surface area contributed by atoms with E-state index in [1.54, 1.807) is 4.31 Å². The van der Waals surface area contributed by atoms with Crippen molar-refractivity contribution in [1.29, 1.82) is 0 Å². The first kappa shape index (κ1) is 28.9. The monoisotopic (exact) mass is 607 g/mol. The number of carbonyl (C=O) groups is 1. The van der Waals surface area contributed by atoms with E-state index in [-0.39, 0.29) is 17.8 Å². The van der Waals surface area contributed by atoms with E-state index in [1.165, 1.54) is 0 Å². The number of sulfonamides is 1. The maximum absolute atomic E-state index is 13.7. The first-order valence-electron chi connectivity index (χ1n) is 16.2. The number of benzene rings is 2. The molecule has 8 rings (SSSR count). The first-order chi connectivity index (χ1) is 20.7. The van der Waals surface area contributed by atoms with Crippen molar-refractivity contribution in [2.75, 3.05) is 59.7 Å². The Morgan fingerprint density at radius 2 is 1.53 bits per heavy atom. The zero-order valence-electron chi connectivity index (χ0n) is 25.2. The molecule has 10 heteroatoms. The van der Waals surface area contributed by atoms with E-state index in [9.17, 15) is 18.3 Å². The Bertz CT molecular complexity index is 1430. The van der Waals surface area contributed by atoms with Crippen molar-refractivity contribution in [2.45, 2.75) is 63.5 Å². The Kier molecular flexibility index (Phi) is 7.58. The number of piperazine rings is 1. The van der Waals surface area contributed by atoms with Gasteiger partial charge >= 0.3 is 6.03 Å². The molecule has 1 saturated heterocycles. The number of para-hydroxylation sites is 2. The molecule has 2 aliphatic heterocycles. The molecule has 2 heterocycles. The molecule has 0 radical (unpaired) electrons. The lowest BCUT2D eigenvalue weighted by molar-refractivity contribution is -0.136. The van der Waals surface area contributed by atoms with Crippen molar-refractivity contribution in [3.05, 3.63) is 48.5 Å². The number of nitrogens with zero attached hydrogens (tertiary/aromatic N) is 4. The quantitative estimate of drug-likeness (QED) is 0.480. The highest BCUT2D eigenvalue weighted by Crippen LogP contribution is 2.55. The van der Waals surface area contributed by atoms with Crippen molar-refractivity contribution in [1.82, 2.24) is 9.62 Å². The normalized spacial score (nSPS) is 30.4. The van der Waals surface area contributed by atoms with E-state index in [0.717, 1.165) is 61.3 Å². The number of urea groups is 1. The second-order valence-electron chi connectivity index (χ2n) is 13.5. The number of aliphatic hydroxyl groups is 1. The van der Waals surface area contributed by atoms with Gasteiger partial charge in [0, 0.05) is 56.7 Å². The number of carbonyl (C=O) groups excluding carboxylic acids is 1. The van der Waals surface area contributed by atoms with Gasteiger partial charge in [0.25, 0.3) is 0 Å². The largest absolute Gasteiger partial charge is 0.390 e. The number of amides is 2. The number of nitrogens with one attached hydrogen (secondary N) is 1. The van der Waals surface area contributed by atoms with Crippen molar-refractivity contribution < 1.29 is 18.3 Å². The third kappa shape index (κ3) is 5.51. The SMILES string of the molecule is CCCCS(=O)(=O)N1CCN(c2ccc(N3CCN(C(=O)NC4[C@@H]5CC6C[C@H]4CC(O)(C6)C5)c4ccccc43)cc2)CC1. The highest BCUT2D eigenvalue weighted by Gasteiger charge is 2.55. The molecule has 4 aliphatic carbocycles. The summed E-state index contributed by atoms with van der Waals surface area (Å²) in [4.78, 5) is 20.2. The third-order valence-electron chi connectivity index (χ3n) is 10.7. The van der Waals surface area contributed by atoms with Gasteiger partial charge in [-0.2, -0.15) is 4.31 Å². The maximum Gasteiger partial charge on any atom is 0.322 e. The summed E-state index contributed by atoms with van der Waals surface area (Å²) in [7, 11) is -3.17. The first-order valence-corrected chi connectivity index (χ1v) is 17.8. The molecule has 2 amide bonds. The average molecular weight is 608 g/mol. The highest BCUT2D eigenvalue weighted by atomic mass is 32.2. The Labute approximate surface area is 255 Å². The van der Waals surface area contributed by atoms with Gasteiger partial charge in [-0.25, -0.2) is 13.2 Å². The third-order valence-corrected chi connectivity index (χ3v) is 12.7. The molecule has 2 aromatic rings. The summed E-state index contributed by atoms with van der Waals surface area (Å²) in [6.07, 6.45) is 6.41. The summed E-state index contributed by atoms with van der Waals surface area (Å²) in [6, 6.07) is 16.8. The molecule has 5 atom stereocenters. The van der Waals surface area contributed by atoms with Crippen LogP contribution in [0.15, 0.2) is 48.5 Å². The molecule has 5 fully saturated rings. The van der Waals surface area contributed by atoms with Gasteiger partial charge in [-0.05, 0) is 92.7 Å². The molecule has 9 nitrogen and oxygen atoms in total. The van der Waals surface area contributed by atoms with Gasteiger partial charge in [0.2, 0.25) is 10.0 Å². The zero-order chi connectivity index (χ0) is 29.8. The molecule has 232 valence electrons. The van der Waals surface area contributed by atoms with Gasteiger partial charge in [-0.3, -0.25) is 4.90 Å². The van der Waals surface area contributed by atoms with Crippen LogP contribution < -0.4 is 20.0 Å². The van der Waals surface area contributed by atoms with Crippen LogP contribution in [0.4, 0.5) is 27.5 Å². The van der Waals surface area contributed by atoms with Crippen molar-refractivity contribution >= 4 is 38.8 Å². The number of hydrogen-bond acceptors (Lipinski definition) is 6. The smallest absolute Gasteiger partial charge is 0.322 e. The Hall–Kier alpha value is -2.82. The van der Waals surface area contributed by atoms with Crippen LogP contribution in [0.25, 0.3) is 0 Å². The number of fused-ring (bicyclic) bond motifs is 1. The lowest BCUT2D eigenvalue weighted by atomic mass is 9.52. The van der Waals surface area contributed by atoms with Crippen molar-refractivity contribution in [2.24, 2.45) is 17.8 Å². The van der Waals surface area contributed by atoms with Crippen LogP contribution in [0.2, 0.25) is 0 Å². The average Bonchev–Trinajstić information content (AvgIpc) is 3.00. The topological polar surface area (TPSA) is 96.4 Å². The molecular weight excluding hydrogens is 562 g/mol. The molecule has 4 saturated carbocycles. The van der Waals surface area contributed by atoms with Crippen molar-refractivity contribution in [3.8, 4) is 0 Å². The molecule has 4 bridgehead atoms. The van der Waals surface area contributed by atoms with E-state index < -0.39 is 15.6 Å². The van der Waals surface area contributed by atoms with E-state index in [0.29, 0.717) is 63.4 Å². The van der Waals surface area contributed by atoms with Gasteiger partial charge in [-0.15, -0.1) is 0 Å². The lowest BCUT2D eigenvalue weighted by Gasteiger charge is -2.58. The summed E-state index contributed by atoms with van der Waals surface area (Å²) in [6.45, 7) is 5.71. The summed E-state index contributed by atoms with van der Waals surface area (Å²) in [5, 5.41) is 14.4. The van der Waals surface area contributed by atoms with Crippen LogP contribution in [-0.4, -0.2) is 80.5 Å². The summed E-state index contributed by atoms with van der Waals surface area (Å²) in [5.74, 6) is 1.61. The highest BCUT2D eigenvalue weighted by molar-refractivity contribution is 7.89. The fourth-order valence-corrected chi connectivity index (χ4v) is 10.4. The van der Waals surface area contributed by atoms with E-state index in [2.05, 4.69) is 45.4 Å². The number of unbranched alkanes of at least 4 members (excludes halogenated alkanes) is 1. The summed E-state index contributed by atoms with van der Waals surface area (Å²) < 4.78 is 26.9. The molecule has 43 heavy (non-hydrogen) atoms. The Balaban J connectivity index is 1.01. The molecule has 0 spiro atoms. The predicted octanol–water partition coefficient (Wildman–Crippen LogP) is 4.55. The van der Waals surface area contributed by atoms with Crippen LogP contribution in [0.1, 0.15) is 51.9 Å². The van der Waals surface area contributed by atoms with E-state index in [4.69, 9.17) is 0 Å². The van der Waals surface area contributed by atoms with Crippen LogP contribution in [0, 0.1) is 17.8 Å².